The lowest BCUT2D eigenvalue weighted by Gasteiger charge is -2.33. The summed E-state index contributed by atoms with van der Waals surface area (Å²) in [5.74, 6) is 0.244. The van der Waals surface area contributed by atoms with E-state index in [1.54, 1.807) is 6.07 Å². The summed E-state index contributed by atoms with van der Waals surface area (Å²) in [7, 11) is 1.38. The van der Waals surface area contributed by atoms with Gasteiger partial charge in [0.25, 0.3) is 0 Å². The number of methoxy groups -OCH3 is 1. The largest absolute Gasteiger partial charge is 0.465 e. The first-order valence-electron chi connectivity index (χ1n) is 13.8. The fourth-order valence-corrected chi connectivity index (χ4v) is 5.93. The number of nitrogens with zero attached hydrogens (tertiary/aromatic N) is 1. The molecule has 0 aromatic heterocycles. The lowest BCUT2D eigenvalue weighted by atomic mass is 9.86. The predicted octanol–water partition coefficient (Wildman–Crippen LogP) is 5.24. The zero-order chi connectivity index (χ0) is 27.1. The Bertz CT molecular complexity index is 1440. The molecule has 0 radical (unpaired) electrons. The van der Waals surface area contributed by atoms with Gasteiger partial charge in [-0.05, 0) is 77.1 Å². The number of carbonyl (C=O) groups is 3. The number of benzene rings is 3. The molecule has 3 aliphatic rings. The number of rotatable bonds is 7. The van der Waals surface area contributed by atoms with Crippen LogP contribution in [0.2, 0.25) is 0 Å². The third kappa shape index (κ3) is 4.96. The summed E-state index contributed by atoms with van der Waals surface area (Å²) in [5, 5.41) is 3.18. The van der Waals surface area contributed by atoms with Crippen LogP contribution in [-0.4, -0.2) is 36.3 Å². The smallest absolute Gasteiger partial charge is 0.337 e. The molecule has 2 aliphatic carbocycles. The monoisotopic (exact) mass is 522 g/mol. The third-order valence-corrected chi connectivity index (χ3v) is 8.72. The van der Waals surface area contributed by atoms with Gasteiger partial charge in [0.2, 0.25) is 11.8 Å². The molecule has 6 nitrogen and oxygen atoms in total. The van der Waals surface area contributed by atoms with E-state index in [9.17, 15) is 14.4 Å². The van der Waals surface area contributed by atoms with Crippen molar-refractivity contribution in [3.63, 3.8) is 0 Å². The molecule has 2 saturated carbocycles. The molecular formula is C33H34N2O4. The number of fused-ring (bicyclic) bond motifs is 1. The molecule has 0 bridgehead atoms. The third-order valence-electron chi connectivity index (χ3n) is 8.72. The highest BCUT2D eigenvalue weighted by Gasteiger charge is 2.48. The fraction of sp³-hybridized carbons (Fsp3) is 0.364. The SMILES string of the molecule is COC(=O)c1cccc(-c2ccc(CNC(=O)[C@H]3C[C@@H]3c3ccccc3)c3c2CCN(C(=O)C2(C)CC2)C3)c1. The van der Waals surface area contributed by atoms with E-state index in [1.807, 2.05) is 41.3 Å². The van der Waals surface area contributed by atoms with Gasteiger partial charge in [0, 0.05) is 31.0 Å². The number of hydrogen-bond acceptors (Lipinski definition) is 4. The highest BCUT2D eigenvalue weighted by molar-refractivity contribution is 5.91. The average Bonchev–Trinajstić information content (AvgIpc) is 3.92. The summed E-state index contributed by atoms with van der Waals surface area (Å²) in [4.78, 5) is 40.5. The van der Waals surface area contributed by atoms with Crippen LogP contribution in [0.15, 0.2) is 66.7 Å². The van der Waals surface area contributed by atoms with Gasteiger partial charge in [-0.3, -0.25) is 9.59 Å². The molecule has 0 spiro atoms. The van der Waals surface area contributed by atoms with Crippen LogP contribution in [0, 0.1) is 11.3 Å². The molecule has 200 valence electrons. The van der Waals surface area contributed by atoms with Crippen LogP contribution < -0.4 is 5.32 Å². The molecule has 1 aliphatic heterocycles. The standard InChI is InChI=1S/C33H34N2O4/c1-33(14-15-33)32(38)35-16-13-26-25(22-9-6-10-23(17-22)31(37)39-2)12-11-24(29(26)20-35)19-34-30(36)28-18-27(28)21-7-4-3-5-8-21/h3-12,17,27-28H,13-16,18-20H2,1-2H3,(H,34,36)/t27-,28+/m1/s1. The van der Waals surface area contributed by atoms with Crippen LogP contribution >= 0.6 is 0 Å². The Hall–Kier alpha value is -3.93. The molecule has 0 unspecified atom stereocenters. The van der Waals surface area contributed by atoms with Crippen molar-refractivity contribution in [2.45, 2.75) is 51.6 Å². The Labute approximate surface area is 229 Å². The molecule has 6 heteroatoms. The van der Waals surface area contributed by atoms with Crippen LogP contribution in [-0.2, 0) is 33.8 Å². The van der Waals surface area contributed by atoms with Crippen molar-refractivity contribution in [3.05, 3.63) is 94.5 Å². The summed E-state index contributed by atoms with van der Waals surface area (Å²) in [6.45, 7) is 3.69. The molecule has 6 rings (SSSR count). The minimum Gasteiger partial charge on any atom is -0.465 e. The van der Waals surface area contributed by atoms with Gasteiger partial charge >= 0.3 is 5.97 Å². The second-order valence-corrected chi connectivity index (χ2v) is 11.4. The van der Waals surface area contributed by atoms with E-state index in [4.69, 9.17) is 4.74 Å². The topological polar surface area (TPSA) is 75.7 Å². The molecule has 2 amide bonds. The van der Waals surface area contributed by atoms with Crippen molar-refractivity contribution in [3.8, 4) is 11.1 Å². The Morgan fingerprint density at radius 3 is 2.54 bits per heavy atom. The van der Waals surface area contributed by atoms with Crippen molar-refractivity contribution in [1.29, 1.82) is 0 Å². The van der Waals surface area contributed by atoms with E-state index in [1.165, 1.54) is 18.2 Å². The van der Waals surface area contributed by atoms with E-state index >= 15 is 0 Å². The zero-order valence-electron chi connectivity index (χ0n) is 22.5. The van der Waals surface area contributed by atoms with Gasteiger partial charge in [0.05, 0.1) is 12.7 Å². The minimum atomic E-state index is -0.367. The predicted molar refractivity (Wildman–Crippen MR) is 149 cm³/mol. The van der Waals surface area contributed by atoms with Crippen LogP contribution in [0.1, 0.15) is 64.7 Å². The van der Waals surface area contributed by atoms with Gasteiger partial charge < -0.3 is 15.0 Å². The van der Waals surface area contributed by atoms with Crippen LogP contribution in [0.5, 0.6) is 0 Å². The summed E-state index contributed by atoms with van der Waals surface area (Å²) in [6, 6.07) is 21.9. The molecule has 39 heavy (non-hydrogen) atoms. The van der Waals surface area contributed by atoms with Crippen LogP contribution in [0.25, 0.3) is 11.1 Å². The van der Waals surface area contributed by atoms with E-state index in [0.29, 0.717) is 25.2 Å². The van der Waals surface area contributed by atoms with Gasteiger partial charge in [0.1, 0.15) is 0 Å². The Morgan fingerprint density at radius 2 is 1.79 bits per heavy atom. The maximum absolute atomic E-state index is 13.3. The first-order chi connectivity index (χ1) is 18.9. The molecule has 3 aromatic carbocycles. The normalized spacial score (nSPS) is 20.5. The number of nitrogens with one attached hydrogen (secondary N) is 1. The first-order valence-corrected chi connectivity index (χ1v) is 13.8. The van der Waals surface area contributed by atoms with Gasteiger partial charge in [-0.15, -0.1) is 0 Å². The quantitative estimate of drug-likeness (QED) is 0.431. The van der Waals surface area contributed by atoms with Gasteiger partial charge in [-0.2, -0.15) is 0 Å². The van der Waals surface area contributed by atoms with E-state index in [2.05, 4.69) is 36.5 Å². The van der Waals surface area contributed by atoms with Gasteiger partial charge in [0.15, 0.2) is 0 Å². The number of ether oxygens (including phenoxy) is 1. The van der Waals surface area contributed by atoms with Gasteiger partial charge in [-0.25, -0.2) is 4.79 Å². The van der Waals surface area contributed by atoms with E-state index in [-0.39, 0.29) is 35.0 Å². The average molecular weight is 523 g/mol. The Balaban J connectivity index is 1.27. The summed E-state index contributed by atoms with van der Waals surface area (Å²) in [6.07, 6.45) is 3.50. The molecular weight excluding hydrogens is 488 g/mol. The van der Waals surface area contributed by atoms with Crippen molar-refractivity contribution >= 4 is 17.8 Å². The molecule has 2 atom stereocenters. The van der Waals surface area contributed by atoms with Crippen molar-refractivity contribution in [1.82, 2.24) is 10.2 Å². The second kappa shape index (κ2) is 9.99. The molecule has 1 N–H and O–H groups in total. The maximum atomic E-state index is 13.3. The van der Waals surface area contributed by atoms with Crippen molar-refractivity contribution < 1.29 is 19.1 Å². The number of esters is 1. The summed E-state index contributed by atoms with van der Waals surface area (Å²) < 4.78 is 4.93. The number of carbonyl (C=O) groups excluding carboxylic acids is 3. The second-order valence-electron chi connectivity index (χ2n) is 11.4. The highest BCUT2D eigenvalue weighted by Crippen LogP contribution is 2.48. The molecule has 0 saturated heterocycles. The van der Waals surface area contributed by atoms with E-state index in [0.717, 1.165) is 47.9 Å². The number of amides is 2. The molecule has 2 fully saturated rings. The first kappa shape index (κ1) is 25.4. The highest BCUT2D eigenvalue weighted by atomic mass is 16.5. The summed E-state index contributed by atoms with van der Waals surface area (Å²) >= 11 is 0. The lowest BCUT2D eigenvalue weighted by Crippen LogP contribution is -2.40. The molecule has 3 aromatic rings. The maximum Gasteiger partial charge on any atom is 0.337 e. The zero-order valence-corrected chi connectivity index (χ0v) is 22.5. The van der Waals surface area contributed by atoms with Crippen molar-refractivity contribution in [2.75, 3.05) is 13.7 Å². The summed E-state index contributed by atoms with van der Waals surface area (Å²) in [5.41, 5.74) is 6.84. The van der Waals surface area contributed by atoms with E-state index < -0.39 is 0 Å². The minimum absolute atomic E-state index is 0.0106. The van der Waals surface area contributed by atoms with Crippen LogP contribution in [0.3, 0.4) is 0 Å². The van der Waals surface area contributed by atoms with Crippen LogP contribution in [0.4, 0.5) is 0 Å². The lowest BCUT2D eigenvalue weighted by molar-refractivity contribution is -0.137. The van der Waals surface area contributed by atoms with Crippen molar-refractivity contribution in [2.24, 2.45) is 11.3 Å². The fourth-order valence-electron chi connectivity index (χ4n) is 5.93. The number of hydrogen-bond donors (Lipinski definition) is 1. The molecule has 1 heterocycles. The van der Waals surface area contributed by atoms with Gasteiger partial charge in [-0.1, -0.05) is 61.5 Å². The Morgan fingerprint density at radius 1 is 1.00 bits per heavy atom. The Kier molecular flexibility index (Phi) is 6.49.